The first-order chi connectivity index (χ1) is 13.5. The van der Waals surface area contributed by atoms with Crippen LogP contribution in [0.25, 0.3) is 0 Å². The summed E-state index contributed by atoms with van der Waals surface area (Å²) in [5.74, 6) is -3.92. The minimum Gasteiger partial charge on any atom is -0.469 e. The highest BCUT2D eigenvalue weighted by atomic mass is 19.1. The fourth-order valence-corrected chi connectivity index (χ4v) is 4.44. The highest BCUT2D eigenvalue weighted by Gasteiger charge is 2.62. The molecule has 4 atom stereocenters. The molecule has 1 fully saturated rings. The molecule has 0 unspecified atom stereocenters. The number of anilines is 1. The Labute approximate surface area is 160 Å². The van der Waals surface area contributed by atoms with Crippen LogP contribution in [0, 0.1) is 17.7 Å². The topological polar surface area (TPSA) is 72.9 Å². The summed E-state index contributed by atoms with van der Waals surface area (Å²) in [6.07, 6.45) is 0. The zero-order valence-electron chi connectivity index (χ0n) is 15.3. The van der Waals surface area contributed by atoms with Crippen LogP contribution in [0.5, 0.6) is 0 Å². The standard InChI is InChI=1S/C21H18FNO5/c1-27-20(25)15-16(21(26)28-2)18-19(24)14-6-4-3-5-13(14)17(15)23(18)12-9-7-11(22)8-10-12/h3-10,15-18H,1-2H3/t15-,16-,17+,18-/m0/s1. The summed E-state index contributed by atoms with van der Waals surface area (Å²) in [5.41, 5.74) is 1.64. The number of esters is 2. The van der Waals surface area contributed by atoms with E-state index in [1.54, 1.807) is 29.2 Å². The summed E-state index contributed by atoms with van der Waals surface area (Å²) < 4.78 is 23.4. The highest BCUT2D eigenvalue weighted by molar-refractivity contribution is 6.10. The summed E-state index contributed by atoms with van der Waals surface area (Å²) in [4.78, 5) is 40.4. The highest BCUT2D eigenvalue weighted by Crippen LogP contribution is 2.53. The van der Waals surface area contributed by atoms with Gasteiger partial charge in [-0.05, 0) is 29.8 Å². The second-order valence-corrected chi connectivity index (χ2v) is 6.82. The van der Waals surface area contributed by atoms with Gasteiger partial charge in [-0.15, -0.1) is 0 Å². The molecule has 1 saturated heterocycles. The predicted molar refractivity (Wildman–Crippen MR) is 97.2 cm³/mol. The molecule has 7 heteroatoms. The molecular formula is C21H18FNO5. The monoisotopic (exact) mass is 383 g/mol. The number of Topliss-reactive ketones (excluding diaryl/α,β-unsaturated/α-hetero) is 1. The minimum absolute atomic E-state index is 0.280. The third kappa shape index (κ3) is 2.50. The molecule has 0 N–H and O–H groups in total. The summed E-state index contributed by atoms with van der Waals surface area (Å²) in [5, 5.41) is 0. The lowest BCUT2D eigenvalue weighted by Gasteiger charge is -2.38. The Bertz CT molecular complexity index is 958. The number of ether oxygens (including phenoxy) is 2. The molecule has 2 heterocycles. The number of hydrogen-bond donors (Lipinski definition) is 0. The van der Waals surface area contributed by atoms with Crippen LogP contribution >= 0.6 is 0 Å². The molecule has 6 nitrogen and oxygen atoms in total. The molecule has 0 spiro atoms. The molecule has 0 amide bonds. The van der Waals surface area contributed by atoms with Gasteiger partial charge in [0.2, 0.25) is 0 Å². The molecule has 144 valence electrons. The van der Waals surface area contributed by atoms with Gasteiger partial charge in [-0.1, -0.05) is 24.3 Å². The number of rotatable bonds is 3. The van der Waals surface area contributed by atoms with Gasteiger partial charge >= 0.3 is 11.9 Å². The Hall–Kier alpha value is -3.22. The molecule has 4 rings (SSSR count). The number of benzene rings is 2. The van der Waals surface area contributed by atoms with Gasteiger partial charge < -0.3 is 14.4 Å². The number of nitrogens with zero attached hydrogens (tertiary/aromatic N) is 1. The van der Waals surface area contributed by atoms with E-state index in [1.165, 1.54) is 38.5 Å². The normalized spacial score (nSPS) is 25.2. The average Bonchev–Trinajstić information content (AvgIpc) is 3.03. The zero-order valence-corrected chi connectivity index (χ0v) is 15.3. The summed E-state index contributed by atoms with van der Waals surface area (Å²) in [6, 6.07) is 11.0. The van der Waals surface area contributed by atoms with Crippen LogP contribution < -0.4 is 4.90 Å². The maximum atomic E-state index is 13.5. The van der Waals surface area contributed by atoms with E-state index < -0.39 is 41.7 Å². The van der Waals surface area contributed by atoms with Crippen molar-refractivity contribution in [3.05, 3.63) is 65.5 Å². The first-order valence-corrected chi connectivity index (χ1v) is 8.82. The van der Waals surface area contributed by atoms with Gasteiger partial charge in [0.25, 0.3) is 0 Å². The molecule has 0 aromatic heterocycles. The predicted octanol–water partition coefficient (Wildman–Crippen LogP) is 2.53. The van der Waals surface area contributed by atoms with E-state index in [0.717, 1.165) is 0 Å². The van der Waals surface area contributed by atoms with Crippen molar-refractivity contribution in [2.75, 3.05) is 19.1 Å². The number of carbonyl (C=O) groups is 3. The van der Waals surface area contributed by atoms with Gasteiger partial charge in [0, 0.05) is 11.3 Å². The quantitative estimate of drug-likeness (QED) is 0.759. The van der Waals surface area contributed by atoms with Gasteiger partial charge in [0.15, 0.2) is 5.78 Å². The third-order valence-corrected chi connectivity index (χ3v) is 5.55. The van der Waals surface area contributed by atoms with Crippen molar-refractivity contribution < 1.29 is 28.2 Å². The van der Waals surface area contributed by atoms with E-state index >= 15 is 0 Å². The number of ketones is 1. The Morgan fingerprint density at radius 1 is 0.893 bits per heavy atom. The Morgan fingerprint density at radius 2 is 1.46 bits per heavy atom. The van der Waals surface area contributed by atoms with E-state index in [-0.39, 0.29) is 5.78 Å². The molecule has 2 aromatic rings. The lowest BCUT2D eigenvalue weighted by Crippen LogP contribution is -2.46. The zero-order chi connectivity index (χ0) is 20.0. The molecule has 2 aliphatic heterocycles. The lowest BCUT2D eigenvalue weighted by atomic mass is 9.86. The molecule has 2 bridgehead atoms. The van der Waals surface area contributed by atoms with Crippen molar-refractivity contribution in [2.45, 2.75) is 12.1 Å². The van der Waals surface area contributed by atoms with Crippen LogP contribution in [-0.2, 0) is 19.1 Å². The largest absolute Gasteiger partial charge is 0.469 e. The number of fused-ring (bicyclic) bond motifs is 4. The van der Waals surface area contributed by atoms with Crippen LogP contribution in [0.3, 0.4) is 0 Å². The second-order valence-electron chi connectivity index (χ2n) is 6.82. The van der Waals surface area contributed by atoms with Crippen molar-refractivity contribution >= 4 is 23.4 Å². The van der Waals surface area contributed by atoms with E-state index in [2.05, 4.69) is 0 Å². The van der Waals surface area contributed by atoms with Crippen molar-refractivity contribution in [2.24, 2.45) is 11.8 Å². The fourth-order valence-electron chi connectivity index (χ4n) is 4.44. The van der Waals surface area contributed by atoms with Crippen molar-refractivity contribution in [3.63, 3.8) is 0 Å². The van der Waals surface area contributed by atoms with Crippen LogP contribution in [0.1, 0.15) is 22.0 Å². The van der Waals surface area contributed by atoms with Crippen LogP contribution in [-0.4, -0.2) is 38.0 Å². The van der Waals surface area contributed by atoms with Gasteiger partial charge in [-0.3, -0.25) is 14.4 Å². The molecule has 2 aliphatic rings. The van der Waals surface area contributed by atoms with Crippen LogP contribution in [0.2, 0.25) is 0 Å². The minimum atomic E-state index is -1.03. The lowest BCUT2D eigenvalue weighted by molar-refractivity contribution is -0.156. The Balaban J connectivity index is 1.97. The van der Waals surface area contributed by atoms with E-state index in [4.69, 9.17) is 9.47 Å². The number of halogens is 1. The molecule has 0 radical (unpaired) electrons. The van der Waals surface area contributed by atoms with E-state index in [1.807, 2.05) is 0 Å². The first-order valence-electron chi connectivity index (χ1n) is 8.82. The fraction of sp³-hybridized carbons (Fsp3) is 0.286. The molecular weight excluding hydrogens is 365 g/mol. The molecule has 0 aliphatic carbocycles. The number of hydrogen-bond acceptors (Lipinski definition) is 6. The van der Waals surface area contributed by atoms with Crippen LogP contribution in [0.15, 0.2) is 48.5 Å². The van der Waals surface area contributed by atoms with Crippen molar-refractivity contribution in [1.29, 1.82) is 0 Å². The smallest absolute Gasteiger partial charge is 0.312 e. The second kappa shape index (κ2) is 6.74. The number of carbonyl (C=O) groups excluding carboxylic acids is 3. The van der Waals surface area contributed by atoms with Gasteiger partial charge in [0.05, 0.1) is 26.2 Å². The summed E-state index contributed by atoms with van der Waals surface area (Å²) in [7, 11) is 2.47. The summed E-state index contributed by atoms with van der Waals surface area (Å²) >= 11 is 0. The Kier molecular flexibility index (Phi) is 4.37. The van der Waals surface area contributed by atoms with Gasteiger partial charge in [-0.25, -0.2) is 4.39 Å². The maximum absolute atomic E-state index is 13.5. The molecule has 0 saturated carbocycles. The maximum Gasteiger partial charge on any atom is 0.312 e. The third-order valence-electron chi connectivity index (χ3n) is 5.55. The molecule has 28 heavy (non-hydrogen) atoms. The van der Waals surface area contributed by atoms with E-state index in [0.29, 0.717) is 16.8 Å². The Morgan fingerprint density at radius 3 is 2.07 bits per heavy atom. The van der Waals surface area contributed by atoms with Crippen molar-refractivity contribution in [1.82, 2.24) is 0 Å². The van der Waals surface area contributed by atoms with Gasteiger partial charge in [0.1, 0.15) is 17.8 Å². The van der Waals surface area contributed by atoms with E-state index in [9.17, 15) is 18.8 Å². The average molecular weight is 383 g/mol. The van der Waals surface area contributed by atoms with Gasteiger partial charge in [-0.2, -0.15) is 0 Å². The molecule has 2 aromatic carbocycles. The number of methoxy groups -OCH3 is 2. The first kappa shape index (κ1) is 18.2. The summed E-state index contributed by atoms with van der Waals surface area (Å²) in [6.45, 7) is 0. The van der Waals surface area contributed by atoms with Crippen LogP contribution in [0.4, 0.5) is 10.1 Å². The SMILES string of the molecule is COC(=O)[C@H]1[C@H](C(=O)OC)[C@H]2c3ccccc3C(=O)[C@H]1N2c1ccc(F)cc1. The van der Waals surface area contributed by atoms with Crippen molar-refractivity contribution in [3.8, 4) is 0 Å².